The molecule has 0 fully saturated rings. The highest BCUT2D eigenvalue weighted by Crippen LogP contribution is 2.27. The van der Waals surface area contributed by atoms with Crippen LogP contribution >= 0.6 is 0 Å². The van der Waals surface area contributed by atoms with Crippen molar-refractivity contribution in [3.05, 3.63) is 66.1 Å². The van der Waals surface area contributed by atoms with Gasteiger partial charge in [-0.05, 0) is 37.1 Å². The number of rotatable bonds is 5. The first-order valence-electron chi connectivity index (χ1n) is 7.39. The molecule has 22 heavy (non-hydrogen) atoms. The second kappa shape index (κ2) is 6.43. The molecule has 0 aliphatic rings. The van der Waals surface area contributed by atoms with Crippen molar-refractivity contribution in [1.82, 2.24) is 10.2 Å². The van der Waals surface area contributed by atoms with E-state index in [-0.39, 0.29) is 6.10 Å². The number of ether oxygens (including phenoxy) is 1. The topological polar surface area (TPSA) is 48.2 Å². The van der Waals surface area contributed by atoms with Crippen molar-refractivity contribution < 1.29 is 9.15 Å². The molecular weight excluding hydrogens is 276 g/mol. The highest BCUT2D eigenvalue weighted by molar-refractivity contribution is 5.57. The third-order valence-corrected chi connectivity index (χ3v) is 3.48. The average Bonchev–Trinajstić information content (AvgIpc) is 3.03. The number of aromatic nitrogens is 2. The molecule has 1 atom stereocenters. The SMILES string of the molecule is CCC(Oc1ccccc1)c1nnc(-c2ccccc2C)o1. The van der Waals surface area contributed by atoms with Crippen LogP contribution in [0.25, 0.3) is 11.5 Å². The molecule has 112 valence electrons. The van der Waals surface area contributed by atoms with Crippen LogP contribution in [0.15, 0.2) is 59.0 Å². The number of aryl methyl sites for hydroxylation is 1. The van der Waals surface area contributed by atoms with Gasteiger partial charge in [0.15, 0.2) is 6.10 Å². The smallest absolute Gasteiger partial charge is 0.257 e. The maximum absolute atomic E-state index is 5.93. The Kier molecular flexibility index (Phi) is 4.19. The van der Waals surface area contributed by atoms with Crippen LogP contribution in [0.5, 0.6) is 5.75 Å². The lowest BCUT2D eigenvalue weighted by Crippen LogP contribution is -2.06. The number of nitrogens with zero attached hydrogens (tertiary/aromatic N) is 2. The highest BCUT2D eigenvalue weighted by atomic mass is 16.5. The van der Waals surface area contributed by atoms with Gasteiger partial charge in [-0.1, -0.05) is 43.3 Å². The summed E-state index contributed by atoms with van der Waals surface area (Å²) in [6.45, 7) is 4.06. The lowest BCUT2D eigenvalue weighted by molar-refractivity contribution is 0.166. The van der Waals surface area contributed by atoms with Gasteiger partial charge in [-0.3, -0.25) is 0 Å². The van der Waals surface area contributed by atoms with E-state index in [0.717, 1.165) is 23.3 Å². The summed E-state index contributed by atoms with van der Waals surface area (Å²) >= 11 is 0. The molecule has 0 spiro atoms. The fraction of sp³-hybridized carbons (Fsp3) is 0.222. The predicted molar refractivity (Wildman–Crippen MR) is 84.6 cm³/mol. The summed E-state index contributed by atoms with van der Waals surface area (Å²) < 4.78 is 11.8. The maximum atomic E-state index is 5.93. The quantitative estimate of drug-likeness (QED) is 0.691. The lowest BCUT2D eigenvalue weighted by Gasteiger charge is -2.13. The van der Waals surface area contributed by atoms with E-state index in [1.807, 2.05) is 68.4 Å². The largest absolute Gasteiger partial charge is 0.481 e. The van der Waals surface area contributed by atoms with Crippen LogP contribution < -0.4 is 4.74 Å². The van der Waals surface area contributed by atoms with E-state index in [0.29, 0.717) is 11.8 Å². The summed E-state index contributed by atoms with van der Waals surface area (Å²) in [5, 5.41) is 8.32. The van der Waals surface area contributed by atoms with Gasteiger partial charge in [-0.25, -0.2) is 0 Å². The Balaban J connectivity index is 1.84. The summed E-state index contributed by atoms with van der Waals surface area (Å²) in [5.74, 6) is 1.83. The molecule has 1 aromatic heterocycles. The Bertz CT molecular complexity index is 738. The molecule has 3 aromatic rings. The molecule has 4 heteroatoms. The van der Waals surface area contributed by atoms with Crippen LogP contribution in [0.3, 0.4) is 0 Å². The first-order valence-corrected chi connectivity index (χ1v) is 7.39. The maximum Gasteiger partial charge on any atom is 0.257 e. The fourth-order valence-electron chi connectivity index (χ4n) is 2.26. The number of hydrogen-bond donors (Lipinski definition) is 0. The summed E-state index contributed by atoms with van der Waals surface area (Å²) in [4.78, 5) is 0. The molecule has 1 heterocycles. The van der Waals surface area contributed by atoms with Crippen LogP contribution in [-0.2, 0) is 0 Å². The summed E-state index contributed by atoms with van der Waals surface area (Å²) in [6.07, 6.45) is 0.511. The molecule has 4 nitrogen and oxygen atoms in total. The third kappa shape index (κ3) is 3.01. The summed E-state index contributed by atoms with van der Waals surface area (Å²) in [7, 11) is 0. The van der Waals surface area contributed by atoms with Gasteiger partial charge in [0.2, 0.25) is 5.89 Å². The number of benzene rings is 2. The van der Waals surface area contributed by atoms with E-state index in [1.165, 1.54) is 0 Å². The van der Waals surface area contributed by atoms with E-state index in [4.69, 9.17) is 9.15 Å². The Hall–Kier alpha value is -2.62. The Morgan fingerprint density at radius 1 is 1.00 bits per heavy atom. The monoisotopic (exact) mass is 294 g/mol. The first-order chi connectivity index (χ1) is 10.8. The van der Waals surface area contributed by atoms with Gasteiger partial charge in [-0.2, -0.15) is 0 Å². The minimum absolute atomic E-state index is 0.243. The van der Waals surface area contributed by atoms with E-state index < -0.39 is 0 Å². The van der Waals surface area contributed by atoms with Crippen molar-refractivity contribution in [2.24, 2.45) is 0 Å². The van der Waals surface area contributed by atoms with E-state index in [2.05, 4.69) is 10.2 Å². The van der Waals surface area contributed by atoms with Crippen molar-refractivity contribution in [3.63, 3.8) is 0 Å². The average molecular weight is 294 g/mol. The third-order valence-electron chi connectivity index (χ3n) is 3.48. The van der Waals surface area contributed by atoms with Crippen molar-refractivity contribution in [1.29, 1.82) is 0 Å². The molecule has 0 saturated carbocycles. The minimum Gasteiger partial charge on any atom is -0.481 e. The fourth-order valence-corrected chi connectivity index (χ4v) is 2.26. The zero-order valence-corrected chi connectivity index (χ0v) is 12.7. The second-order valence-corrected chi connectivity index (χ2v) is 5.09. The highest BCUT2D eigenvalue weighted by Gasteiger charge is 2.20. The van der Waals surface area contributed by atoms with Crippen LogP contribution in [0, 0.1) is 6.92 Å². The molecule has 0 bridgehead atoms. The molecule has 0 N–H and O–H groups in total. The van der Waals surface area contributed by atoms with Gasteiger partial charge in [0.05, 0.1) is 0 Å². The lowest BCUT2D eigenvalue weighted by atomic mass is 10.1. The Morgan fingerprint density at radius 2 is 1.73 bits per heavy atom. The van der Waals surface area contributed by atoms with E-state index in [9.17, 15) is 0 Å². The van der Waals surface area contributed by atoms with Crippen LogP contribution in [0.2, 0.25) is 0 Å². The molecule has 1 unspecified atom stereocenters. The van der Waals surface area contributed by atoms with E-state index >= 15 is 0 Å². The molecule has 0 amide bonds. The van der Waals surface area contributed by atoms with Crippen LogP contribution in [0.1, 0.15) is 30.9 Å². The van der Waals surface area contributed by atoms with Gasteiger partial charge < -0.3 is 9.15 Å². The normalized spacial score (nSPS) is 12.1. The Labute approximate surface area is 129 Å². The Morgan fingerprint density at radius 3 is 2.45 bits per heavy atom. The van der Waals surface area contributed by atoms with Crippen LogP contribution in [-0.4, -0.2) is 10.2 Å². The number of hydrogen-bond acceptors (Lipinski definition) is 4. The number of para-hydroxylation sites is 1. The van der Waals surface area contributed by atoms with Gasteiger partial charge >= 0.3 is 0 Å². The zero-order chi connectivity index (χ0) is 15.4. The van der Waals surface area contributed by atoms with Crippen molar-refractivity contribution in [3.8, 4) is 17.2 Å². The van der Waals surface area contributed by atoms with Crippen molar-refractivity contribution in [2.45, 2.75) is 26.4 Å². The zero-order valence-electron chi connectivity index (χ0n) is 12.7. The molecule has 0 radical (unpaired) electrons. The van der Waals surface area contributed by atoms with Gasteiger partial charge in [0.25, 0.3) is 5.89 Å². The van der Waals surface area contributed by atoms with E-state index in [1.54, 1.807) is 0 Å². The standard InChI is InChI=1S/C18H18N2O2/c1-3-16(21-14-10-5-4-6-11-14)18-20-19-17(22-18)15-12-8-7-9-13(15)2/h4-12,16H,3H2,1-2H3. The second-order valence-electron chi connectivity index (χ2n) is 5.09. The predicted octanol–water partition coefficient (Wildman–Crippen LogP) is 4.58. The molecule has 0 saturated heterocycles. The summed E-state index contributed by atoms with van der Waals surface area (Å²) in [5.41, 5.74) is 2.06. The van der Waals surface area contributed by atoms with Gasteiger partial charge in [-0.15, -0.1) is 10.2 Å². The molecule has 3 rings (SSSR count). The van der Waals surface area contributed by atoms with Gasteiger partial charge in [0, 0.05) is 5.56 Å². The van der Waals surface area contributed by atoms with Crippen molar-refractivity contribution in [2.75, 3.05) is 0 Å². The molecular formula is C18H18N2O2. The summed E-state index contributed by atoms with van der Waals surface area (Å²) in [6, 6.07) is 17.6. The van der Waals surface area contributed by atoms with Gasteiger partial charge in [0.1, 0.15) is 5.75 Å². The first kappa shape index (κ1) is 14.3. The van der Waals surface area contributed by atoms with Crippen LogP contribution in [0.4, 0.5) is 0 Å². The van der Waals surface area contributed by atoms with Crippen molar-refractivity contribution >= 4 is 0 Å². The minimum atomic E-state index is -0.243. The molecule has 2 aromatic carbocycles. The molecule has 0 aliphatic heterocycles. The molecule has 0 aliphatic carbocycles.